The Morgan fingerprint density at radius 3 is 2.33 bits per heavy atom. The summed E-state index contributed by atoms with van der Waals surface area (Å²) >= 11 is 0. The number of hydrogen-bond donors (Lipinski definition) is 1. The van der Waals surface area contributed by atoms with E-state index in [0.29, 0.717) is 13.2 Å². The van der Waals surface area contributed by atoms with E-state index in [1.807, 2.05) is 32.6 Å². The predicted molar refractivity (Wildman–Crippen MR) is 59.7 cm³/mol. The van der Waals surface area contributed by atoms with Crippen molar-refractivity contribution in [3.63, 3.8) is 0 Å². The normalized spacial score (nSPS) is 22.1. The SMILES string of the molecule is CC(C)N(C(=O)C1CNCCO1)C(C)C. The van der Waals surface area contributed by atoms with Gasteiger partial charge in [0.25, 0.3) is 5.91 Å². The van der Waals surface area contributed by atoms with E-state index in [2.05, 4.69) is 5.32 Å². The van der Waals surface area contributed by atoms with E-state index in [9.17, 15) is 4.79 Å². The quantitative estimate of drug-likeness (QED) is 0.749. The summed E-state index contributed by atoms with van der Waals surface area (Å²) in [5.74, 6) is 0.104. The van der Waals surface area contributed by atoms with Gasteiger partial charge >= 0.3 is 0 Å². The second-order valence-electron chi connectivity index (χ2n) is 4.50. The zero-order chi connectivity index (χ0) is 11.4. The fraction of sp³-hybridized carbons (Fsp3) is 0.909. The molecule has 1 fully saturated rings. The Morgan fingerprint density at radius 1 is 1.33 bits per heavy atom. The lowest BCUT2D eigenvalue weighted by molar-refractivity contribution is -0.149. The van der Waals surface area contributed by atoms with Crippen molar-refractivity contribution in [2.45, 2.75) is 45.9 Å². The van der Waals surface area contributed by atoms with Gasteiger partial charge in [0.2, 0.25) is 0 Å². The fourth-order valence-corrected chi connectivity index (χ4v) is 2.00. The number of carbonyl (C=O) groups is 1. The molecule has 1 N–H and O–H groups in total. The van der Waals surface area contributed by atoms with Crippen LogP contribution in [0.3, 0.4) is 0 Å². The largest absolute Gasteiger partial charge is 0.366 e. The van der Waals surface area contributed by atoms with Crippen molar-refractivity contribution in [1.82, 2.24) is 10.2 Å². The predicted octanol–water partition coefficient (Wildman–Crippen LogP) is 0.620. The molecule has 0 aromatic carbocycles. The number of carbonyl (C=O) groups excluding carboxylic acids is 1. The van der Waals surface area contributed by atoms with Crippen molar-refractivity contribution in [3.05, 3.63) is 0 Å². The highest BCUT2D eigenvalue weighted by Crippen LogP contribution is 2.10. The van der Waals surface area contributed by atoms with Crippen LogP contribution in [0.5, 0.6) is 0 Å². The molecule has 4 nitrogen and oxygen atoms in total. The molecule has 1 aliphatic heterocycles. The molecule has 0 saturated carbocycles. The van der Waals surface area contributed by atoms with Crippen LogP contribution in [0.2, 0.25) is 0 Å². The minimum Gasteiger partial charge on any atom is -0.366 e. The third-order valence-corrected chi connectivity index (χ3v) is 2.57. The average Bonchev–Trinajstić information content (AvgIpc) is 2.18. The Morgan fingerprint density at radius 2 is 1.93 bits per heavy atom. The van der Waals surface area contributed by atoms with Crippen LogP contribution in [0, 0.1) is 0 Å². The van der Waals surface area contributed by atoms with Gasteiger partial charge in [-0.05, 0) is 27.7 Å². The highest BCUT2D eigenvalue weighted by Gasteiger charge is 2.29. The van der Waals surface area contributed by atoms with E-state index < -0.39 is 0 Å². The topological polar surface area (TPSA) is 41.6 Å². The molecule has 0 spiro atoms. The van der Waals surface area contributed by atoms with Crippen LogP contribution < -0.4 is 5.32 Å². The molecule has 1 saturated heterocycles. The van der Waals surface area contributed by atoms with Crippen LogP contribution in [0.4, 0.5) is 0 Å². The molecule has 0 radical (unpaired) electrons. The number of ether oxygens (including phenoxy) is 1. The molecular formula is C11H22N2O2. The van der Waals surface area contributed by atoms with Gasteiger partial charge in [-0.3, -0.25) is 4.79 Å². The monoisotopic (exact) mass is 214 g/mol. The highest BCUT2D eigenvalue weighted by atomic mass is 16.5. The first-order chi connectivity index (χ1) is 7.04. The molecule has 15 heavy (non-hydrogen) atoms. The van der Waals surface area contributed by atoms with Gasteiger partial charge in [-0.2, -0.15) is 0 Å². The summed E-state index contributed by atoms with van der Waals surface area (Å²) in [6, 6.07) is 0.450. The third-order valence-electron chi connectivity index (χ3n) is 2.57. The van der Waals surface area contributed by atoms with Gasteiger partial charge in [0.15, 0.2) is 0 Å². The van der Waals surface area contributed by atoms with Crippen molar-refractivity contribution < 1.29 is 9.53 Å². The van der Waals surface area contributed by atoms with E-state index >= 15 is 0 Å². The van der Waals surface area contributed by atoms with E-state index in [4.69, 9.17) is 4.74 Å². The molecular weight excluding hydrogens is 192 g/mol. The van der Waals surface area contributed by atoms with Crippen molar-refractivity contribution >= 4 is 5.91 Å². The average molecular weight is 214 g/mol. The molecule has 0 aromatic heterocycles. The number of nitrogens with zero attached hydrogens (tertiary/aromatic N) is 1. The van der Waals surface area contributed by atoms with Crippen molar-refractivity contribution in [1.29, 1.82) is 0 Å². The lowest BCUT2D eigenvalue weighted by Crippen LogP contribution is -2.53. The zero-order valence-electron chi connectivity index (χ0n) is 10.1. The van der Waals surface area contributed by atoms with Gasteiger partial charge in [0, 0.05) is 25.2 Å². The standard InChI is InChI=1S/C11H22N2O2/c1-8(2)13(9(3)4)11(14)10-7-12-5-6-15-10/h8-10,12H,5-7H2,1-4H3. The third kappa shape index (κ3) is 3.18. The number of rotatable bonds is 3. The maximum absolute atomic E-state index is 12.1. The van der Waals surface area contributed by atoms with E-state index in [0.717, 1.165) is 6.54 Å². The lowest BCUT2D eigenvalue weighted by Gasteiger charge is -2.35. The summed E-state index contributed by atoms with van der Waals surface area (Å²) in [5.41, 5.74) is 0. The van der Waals surface area contributed by atoms with Crippen LogP contribution in [-0.4, -0.2) is 48.7 Å². The van der Waals surface area contributed by atoms with Gasteiger partial charge in [0.05, 0.1) is 6.61 Å². The summed E-state index contributed by atoms with van der Waals surface area (Å²) in [7, 11) is 0. The summed E-state index contributed by atoms with van der Waals surface area (Å²) in [6.07, 6.45) is -0.302. The molecule has 4 heteroatoms. The van der Waals surface area contributed by atoms with Crippen LogP contribution >= 0.6 is 0 Å². The van der Waals surface area contributed by atoms with E-state index in [-0.39, 0.29) is 24.1 Å². The molecule has 1 atom stereocenters. The second-order valence-corrected chi connectivity index (χ2v) is 4.50. The van der Waals surface area contributed by atoms with Gasteiger partial charge in [-0.15, -0.1) is 0 Å². The minimum atomic E-state index is -0.302. The minimum absolute atomic E-state index is 0.104. The number of hydrogen-bond acceptors (Lipinski definition) is 3. The summed E-state index contributed by atoms with van der Waals surface area (Å²) in [6.45, 7) is 10.2. The maximum Gasteiger partial charge on any atom is 0.253 e. The smallest absolute Gasteiger partial charge is 0.253 e. The van der Waals surface area contributed by atoms with Crippen LogP contribution in [0.25, 0.3) is 0 Å². The van der Waals surface area contributed by atoms with Crippen molar-refractivity contribution in [3.8, 4) is 0 Å². The molecule has 0 bridgehead atoms. The van der Waals surface area contributed by atoms with Gasteiger partial charge in [0.1, 0.15) is 6.10 Å². The Balaban J connectivity index is 2.62. The van der Waals surface area contributed by atoms with E-state index in [1.54, 1.807) is 0 Å². The number of amides is 1. The van der Waals surface area contributed by atoms with Crippen LogP contribution in [0.1, 0.15) is 27.7 Å². The fourth-order valence-electron chi connectivity index (χ4n) is 2.00. The number of nitrogens with one attached hydrogen (secondary N) is 1. The first kappa shape index (κ1) is 12.5. The van der Waals surface area contributed by atoms with Gasteiger partial charge < -0.3 is 15.0 Å². The Kier molecular flexibility index (Phi) is 4.54. The molecule has 0 aliphatic carbocycles. The van der Waals surface area contributed by atoms with Gasteiger partial charge in [-0.25, -0.2) is 0 Å². The molecule has 1 amide bonds. The summed E-state index contributed by atoms with van der Waals surface area (Å²) in [5, 5.41) is 3.18. The molecule has 1 rings (SSSR count). The summed E-state index contributed by atoms with van der Waals surface area (Å²) < 4.78 is 5.47. The Hall–Kier alpha value is -0.610. The van der Waals surface area contributed by atoms with Crippen LogP contribution in [0.15, 0.2) is 0 Å². The lowest BCUT2D eigenvalue weighted by atomic mass is 10.1. The Bertz CT molecular complexity index is 203. The van der Waals surface area contributed by atoms with Gasteiger partial charge in [-0.1, -0.05) is 0 Å². The molecule has 88 valence electrons. The zero-order valence-corrected chi connectivity index (χ0v) is 10.1. The van der Waals surface area contributed by atoms with Crippen molar-refractivity contribution in [2.24, 2.45) is 0 Å². The van der Waals surface area contributed by atoms with Crippen molar-refractivity contribution in [2.75, 3.05) is 19.7 Å². The first-order valence-electron chi connectivity index (χ1n) is 5.68. The molecule has 1 aliphatic rings. The molecule has 1 unspecified atom stereocenters. The molecule has 1 heterocycles. The molecule has 0 aromatic rings. The number of morpholine rings is 1. The first-order valence-corrected chi connectivity index (χ1v) is 5.68. The maximum atomic E-state index is 12.1. The van der Waals surface area contributed by atoms with E-state index in [1.165, 1.54) is 0 Å². The van der Waals surface area contributed by atoms with Crippen LogP contribution in [-0.2, 0) is 9.53 Å². The Labute approximate surface area is 92.0 Å². The second kappa shape index (κ2) is 5.47. The summed E-state index contributed by atoms with van der Waals surface area (Å²) in [4.78, 5) is 14.0. The highest BCUT2D eigenvalue weighted by molar-refractivity contribution is 5.81.